The highest BCUT2D eigenvalue weighted by Crippen LogP contribution is 2.27. The van der Waals surface area contributed by atoms with Crippen LogP contribution in [0, 0.1) is 6.92 Å². The van der Waals surface area contributed by atoms with E-state index in [0.29, 0.717) is 6.04 Å². The minimum Gasteiger partial charge on any atom is -0.357 e. The highest BCUT2D eigenvalue weighted by Gasteiger charge is 2.20. The highest BCUT2D eigenvalue weighted by molar-refractivity contribution is 5.42. The summed E-state index contributed by atoms with van der Waals surface area (Å²) < 4.78 is 0. The molecule has 0 aliphatic carbocycles. The van der Waals surface area contributed by atoms with Crippen LogP contribution in [0.5, 0.6) is 0 Å². The van der Waals surface area contributed by atoms with Crippen LogP contribution in [-0.4, -0.2) is 24.6 Å². The van der Waals surface area contributed by atoms with Gasteiger partial charge < -0.3 is 10.2 Å². The molecule has 2 aliphatic heterocycles. The average molecular weight is 245 g/mol. The third-order valence-corrected chi connectivity index (χ3v) is 4.23. The number of aryl methyl sites for hydroxylation is 1. The van der Waals surface area contributed by atoms with Crippen LogP contribution in [0.3, 0.4) is 0 Å². The lowest BCUT2D eigenvalue weighted by atomic mass is 10.0. The van der Waals surface area contributed by atoms with E-state index < -0.39 is 0 Å². The Hall–Kier alpha value is -1.09. The van der Waals surface area contributed by atoms with Crippen molar-refractivity contribution in [1.29, 1.82) is 0 Å². The summed E-state index contributed by atoms with van der Waals surface area (Å²) >= 11 is 0. The van der Waals surface area contributed by atoms with E-state index in [9.17, 15) is 0 Å². The molecule has 1 aromatic heterocycles. The molecule has 18 heavy (non-hydrogen) atoms. The minimum absolute atomic E-state index is 0.535. The van der Waals surface area contributed by atoms with E-state index in [1.54, 1.807) is 0 Å². The van der Waals surface area contributed by atoms with Crippen molar-refractivity contribution in [2.24, 2.45) is 0 Å². The summed E-state index contributed by atoms with van der Waals surface area (Å²) in [5.41, 5.74) is 2.60. The average Bonchev–Trinajstić information content (AvgIpc) is 2.93. The summed E-state index contributed by atoms with van der Waals surface area (Å²) in [6, 6.07) is 5.04. The van der Waals surface area contributed by atoms with Gasteiger partial charge in [0.25, 0.3) is 0 Å². The van der Waals surface area contributed by atoms with Crippen molar-refractivity contribution >= 4 is 5.82 Å². The van der Waals surface area contributed by atoms with Crippen molar-refractivity contribution in [3.63, 3.8) is 0 Å². The van der Waals surface area contributed by atoms with E-state index in [1.807, 2.05) is 0 Å². The summed E-state index contributed by atoms with van der Waals surface area (Å²) in [6.07, 6.45) is 6.54. The van der Waals surface area contributed by atoms with E-state index >= 15 is 0 Å². The molecule has 0 aromatic carbocycles. The number of aromatic nitrogens is 1. The van der Waals surface area contributed by atoms with Crippen molar-refractivity contribution in [2.75, 3.05) is 24.5 Å². The zero-order valence-electron chi connectivity index (χ0n) is 11.3. The van der Waals surface area contributed by atoms with Gasteiger partial charge in [-0.25, -0.2) is 4.98 Å². The van der Waals surface area contributed by atoms with Gasteiger partial charge in [-0.2, -0.15) is 0 Å². The van der Waals surface area contributed by atoms with Gasteiger partial charge in [0.2, 0.25) is 0 Å². The number of nitrogens with zero attached hydrogens (tertiary/aromatic N) is 2. The second kappa shape index (κ2) is 5.27. The highest BCUT2D eigenvalue weighted by atomic mass is 15.2. The molecule has 2 fully saturated rings. The van der Waals surface area contributed by atoms with E-state index in [0.717, 1.165) is 6.54 Å². The molecule has 1 aromatic rings. The van der Waals surface area contributed by atoms with Gasteiger partial charge in [-0.3, -0.25) is 0 Å². The molecule has 3 heteroatoms. The van der Waals surface area contributed by atoms with Crippen LogP contribution in [0.2, 0.25) is 0 Å². The van der Waals surface area contributed by atoms with Crippen molar-refractivity contribution in [3.8, 4) is 0 Å². The maximum atomic E-state index is 4.83. The summed E-state index contributed by atoms with van der Waals surface area (Å²) in [4.78, 5) is 7.26. The molecule has 0 bridgehead atoms. The number of rotatable bonds is 2. The molecule has 2 aliphatic rings. The Labute approximate surface area is 110 Å². The van der Waals surface area contributed by atoms with Crippen LogP contribution in [0.4, 0.5) is 5.82 Å². The SMILES string of the molecule is Cc1nc(N2CCCCC2)ccc1[C@H]1CCCN1. The predicted octanol–water partition coefficient (Wildman–Crippen LogP) is 2.80. The third-order valence-electron chi connectivity index (χ3n) is 4.23. The quantitative estimate of drug-likeness (QED) is 0.868. The molecule has 98 valence electrons. The van der Waals surface area contributed by atoms with Gasteiger partial charge >= 0.3 is 0 Å². The van der Waals surface area contributed by atoms with Gasteiger partial charge in [0.05, 0.1) is 0 Å². The van der Waals surface area contributed by atoms with Crippen molar-refractivity contribution in [1.82, 2.24) is 10.3 Å². The van der Waals surface area contributed by atoms with Gasteiger partial charge in [0.1, 0.15) is 5.82 Å². The maximum Gasteiger partial charge on any atom is 0.128 e. The number of pyridine rings is 1. The largest absolute Gasteiger partial charge is 0.357 e. The lowest BCUT2D eigenvalue weighted by Gasteiger charge is -2.28. The second-order valence-electron chi connectivity index (χ2n) is 5.54. The van der Waals surface area contributed by atoms with Gasteiger partial charge in [-0.15, -0.1) is 0 Å². The molecule has 3 heterocycles. The van der Waals surface area contributed by atoms with Gasteiger partial charge in [-0.1, -0.05) is 6.07 Å². The fraction of sp³-hybridized carbons (Fsp3) is 0.667. The van der Waals surface area contributed by atoms with Crippen molar-refractivity contribution < 1.29 is 0 Å². The maximum absolute atomic E-state index is 4.83. The first kappa shape index (κ1) is 12.0. The predicted molar refractivity (Wildman–Crippen MR) is 75.0 cm³/mol. The molecule has 0 spiro atoms. The summed E-state index contributed by atoms with van der Waals surface area (Å²) in [7, 11) is 0. The minimum atomic E-state index is 0.535. The van der Waals surface area contributed by atoms with Crippen LogP contribution in [0.25, 0.3) is 0 Å². The van der Waals surface area contributed by atoms with Crippen molar-refractivity contribution in [3.05, 3.63) is 23.4 Å². The molecule has 3 nitrogen and oxygen atoms in total. The van der Waals surface area contributed by atoms with E-state index in [1.165, 1.54) is 62.3 Å². The van der Waals surface area contributed by atoms with Gasteiger partial charge in [0, 0.05) is 24.8 Å². The fourth-order valence-corrected chi connectivity index (χ4v) is 3.18. The first-order chi connectivity index (χ1) is 8.84. The third kappa shape index (κ3) is 2.37. The van der Waals surface area contributed by atoms with Crippen LogP contribution in [0.15, 0.2) is 12.1 Å². The molecule has 0 unspecified atom stereocenters. The first-order valence-electron chi connectivity index (χ1n) is 7.30. The first-order valence-corrected chi connectivity index (χ1v) is 7.30. The second-order valence-corrected chi connectivity index (χ2v) is 5.54. The molecular formula is C15H23N3. The van der Waals surface area contributed by atoms with Crippen LogP contribution in [0.1, 0.15) is 49.4 Å². The Morgan fingerprint density at radius 1 is 1.17 bits per heavy atom. The standard InChI is InChI=1S/C15H23N3/c1-12-13(14-6-5-9-16-14)7-8-15(17-12)18-10-3-2-4-11-18/h7-8,14,16H,2-6,9-11H2,1H3/t14-/m1/s1. The van der Waals surface area contributed by atoms with E-state index in [2.05, 4.69) is 29.3 Å². The fourth-order valence-electron chi connectivity index (χ4n) is 3.18. The molecule has 0 saturated carbocycles. The number of hydrogen-bond donors (Lipinski definition) is 1. The lowest BCUT2D eigenvalue weighted by molar-refractivity contribution is 0.572. The topological polar surface area (TPSA) is 28.2 Å². The Morgan fingerprint density at radius 3 is 2.67 bits per heavy atom. The monoisotopic (exact) mass is 245 g/mol. The summed E-state index contributed by atoms with van der Waals surface area (Å²) in [6.45, 7) is 5.65. The van der Waals surface area contributed by atoms with Crippen LogP contribution >= 0.6 is 0 Å². The van der Waals surface area contributed by atoms with Crippen LogP contribution < -0.4 is 10.2 Å². The Balaban J connectivity index is 1.79. The summed E-state index contributed by atoms with van der Waals surface area (Å²) in [5, 5.41) is 3.56. The molecule has 0 radical (unpaired) electrons. The smallest absolute Gasteiger partial charge is 0.128 e. The van der Waals surface area contributed by atoms with E-state index in [4.69, 9.17) is 4.98 Å². The Morgan fingerprint density at radius 2 is 2.00 bits per heavy atom. The number of piperidine rings is 1. The molecular weight excluding hydrogens is 222 g/mol. The molecule has 2 saturated heterocycles. The summed E-state index contributed by atoms with van der Waals surface area (Å²) in [5.74, 6) is 1.17. The Bertz CT molecular complexity index is 404. The van der Waals surface area contributed by atoms with Gasteiger partial charge in [-0.05, 0) is 57.2 Å². The van der Waals surface area contributed by atoms with Crippen LogP contribution in [-0.2, 0) is 0 Å². The van der Waals surface area contributed by atoms with E-state index in [-0.39, 0.29) is 0 Å². The number of hydrogen-bond acceptors (Lipinski definition) is 3. The number of nitrogens with one attached hydrogen (secondary N) is 1. The van der Waals surface area contributed by atoms with Crippen molar-refractivity contribution in [2.45, 2.75) is 45.1 Å². The molecule has 1 N–H and O–H groups in total. The molecule has 3 rings (SSSR count). The molecule has 0 amide bonds. The molecule has 1 atom stereocenters. The number of anilines is 1. The Kier molecular flexibility index (Phi) is 3.50. The lowest BCUT2D eigenvalue weighted by Crippen LogP contribution is -2.30. The van der Waals surface area contributed by atoms with Gasteiger partial charge in [0.15, 0.2) is 0 Å². The zero-order valence-corrected chi connectivity index (χ0v) is 11.3. The zero-order chi connectivity index (χ0) is 12.4. The normalized spacial score (nSPS) is 24.5.